The van der Waals surface area contributed by atoms with Gasteiger partial charge in [-0.2, -0.15) is 5.26 Å². The molecule has 0 unspecified atom stereocenters. The van der Waals surface area contributed by atoms with Crippen LogP contribution >= 0.6 is 11.8 Å². The molecule has 1 aromatic carbocycles. The smallest absolute Gasteiger partial charge is 0.251 e. The molecule has 0 saturated carbocycles. The van der Waals surface area contributed by atoms with E-state index in [-0.39, 0.29) is 11.5 Å². The van der Waals surface area contributed by atoms with Gasteiger partial charge in [0, 0.05) is 18.0 Å². The number of anilines is 1. The number of rotatable bonds is 4. The predicted octanol–water partition coefficient (Wildman–Crippen LogP) is 1.76. The molecule has 0 aliphatic carbocycles. The van der Waals surface area contributed by atoms with Crippen molar-refractivity contribution in [1.82, 2.24) is 9.97 Å². The first kappa shape index (κ1) is 14.8. The van der Waals surface area contributed by atoms with Crippen LogP contribution in [0, 0.1) is 11.3 Å². The Bertz CT molecular complexity index is 734. The zero-order valence-corrected chi connectivity index (χ0v) is 12.0. The molecule has 2 N–H and O–H groups in total. The van der Waals surface area contributed by atoms with E-state index in [1.807, 2.05) is 6.07 Å². The minimum atomic E-state index is -0.425. The van der Waals surface area contributed by atoms with Crippen molar-refractivity contribution < 1.29 is 4.79 Å². The SMILES string of the molecule is C[C@@H](Sc1nccc(=O)[nH]1)C(=O)Nc1ccc(C#N)cc1. The molecule has 0 fully saturated rings. The van der Waals surface area contributed by atoms with E-state index in [0.717, 1.165) is 11.8 Å². The Kier molecular flexibility index (Phi) is 4.74. The van der Waals surface area contributed by atoms with Crippen LogP contribution in [-0.2, 0) is 4.79 Å². The van der Waals surface area contributed by atoms with Crippen LogP contribution in [0.25, 0.3) is 0 Å². The Balaban J connectivity index is 1.99. The Labute approximate surface area is 125 Å². The van der Waals surface area contributed by atoms with Crippen molar-refractivity contribution in [2.75, 3.05) is 5.32 Å². The van der Waals surface area contributed by atoms with E-state index in [0.29, 0.717) is 16.4 Å². The van der Waals surface area contributed by atoms with Crippen molar-refractivity contribution in [1.29, 1.82) is 5.26 Å². The maximum atomic E-state index is 12.0. The monoisotopic (exact) mass is 300 g/mol. The number of nitrogens with one attached hydrogen (secondary N) is 2. The highest BCUT2D eigenvalue weighted by Crippen LogP contribution is 2.19. The van der Waals surface area contributed by atoms with E-state index in [1.165, 1.54) is 12.3 Å². The topological polar surface area (TPSA) is 98.6 Å². The molecule has 0 radical (unpaired) electrons. The lowest BCUT2D eigenvalue weighted by atomic mass is 10.2. The summed E-state index contributed by atoms with van der Waals surface area (Å²) in [5.41, 5.74) is 0.884. The highest BCUT2D eigenvalue weighted by Gasteiger charge is 2.15. The maximum absolute atomic E-state index is 12.0. The molecule has 0 bridgehead atoms. The predicted molar refractivity (Wildman–Crippen MR) is 80.0 cm³/mol. The number of nitriles is 1. The van der Waals surface area contributed by atoms with E-state index in [9.17, 15) is 9.59 Å². The standard InChI is InChI=1S/C14H12N4O2S/c1-9(21-14-16-7-6-12(19)18-14)13(20)17-11-4-2-10(8-15)3-5-11/h2-7,9H,1H3,(H,17,20)(H,16,18,19)/t9-/m1/s1. The van der Waals surface area contributed by atoms with Gasteiger partial charge >= 0.3 is 0 Å². The van der Waals surface area contributed by atoms with Crippen molar-refractivity contribution in [2.24, 2.45) is 0 Å². The molecule has 0 aliphatic rings. The lowest BCUT2D eigenvalue weighted by Crippen LogP contribution is -2.23. The molecule has 106 valence electrons. The van der Waals surface area contributed by atoms with E-state index >= 15 is 0 Å². The first-order chi connectivity index (χ1) is 10.1. The van der Waals surface area contributed by atoms with Crippen molar-refractivity contribution >= 4 is 23.4 Å². The first-order valence-corrected chi connectivity index (χ1v) is 6.99. The van der Waals surface area contributed by atoms with E-state index in [4.69, 9.17) is 5.26 Å². The van der Waals surface area contributed by atoms with Gasteiger partial charge in [-0.3, -0.25) is 9.59 Å². The Morgan fingerprint density at radius 1 is 1.38 bits per heavy atom. The van der Waals surface area contributed by atoms with Crippen molar-refractivity contribution in [3.8, 4) is 6.07 Å². The molecule has 1 aromatic heterocycles. The molecule has 1 atom stereocenters. The fourth-order valence-electron chi connectivity index (χ4n) is 1.50. The number of aromatic amines is 1. The molecule has 0 saturated heterocycles. The number of hydrogen-bond donors (Lipinski definition) is 2. The summed E-state index contributed by atoms with van der Waals surface area (Å²) in [4.78, 5) is 29.7. The number of nitrogens with zero attached hydrogens (tertiary/aromatic N) is 2. The van der Waals surface area contributed by atoms with Gasteiger partial charge in [0.2, 0.25) is 5.91 Å². The lowest BCUT2D eigenvalue weighted by Gasteiger charge is -2.11. The van der Waals surface area contributed by atoms with Crippen molar-refractivity contribution in [3.05, 3.63) is 52.4 Å². The van der Waals surface area contributed by atoms with E-state index < -0.39 is 5.25 Å². The molecule has 1 heterocycles. The zero-order chi connectivity index (χ0) is 15.2. The molecule has 2 aromatic rings. The quantitative estimate of drug-likeness (QED) is 0.662. The minimum absolute atomic E-state index is 0.212. The number of carbonyl (C=O) groups excluding carboxylic acids is 1. The van der Waals surface area contributed by atoms with Crippen molar-refractivity contribution in [2.45, 2.75) is 17.3 Å². The molecule has 1 amide bonds. The van der Waals surface area contributed by atoms with Gasteiger partial charge in [-0.1, -0.05) is 11.8 Å². The van der Waals surface area contributed by atoms with Crippen LogP contribution in [-0.4, -0.2) is 21.1 Å². The fourth-order valence-corrected chi connectivity index (χ4v) is 2.29. The molecular formula is C14H12N4O2S. The van der Waals surface area contributed by atoms with Gasteiger partial charge in [-0.25, -0.2) is 4.98 Å². The summed E-state index contributed by atoms with van der Waals surface area (Å²) in [6.45, 7) is 1.72. The average molecular weight is 300 g/mol. The van der Waals surface area contributed by atoms with Gasteiger partial charge in [0.1, 0.15) is 0 Å². The summed E-state index contributed by atoms with van der Waals surface area (Å²) in [6, 6.07) is 9.90. The third kappa shape index (κ3) is 4.19. The van der Waals surface area contributed by atoms with Crippen LogP contribution in [0.1, 0.15) is 12.5 Å². The second-order valence-electron chi connectivity index (χ2n) is 4.18. The second kappa shape index (κ2) is 6.72. The number of aromatic nitrogens is 2. The summed E-state index contributed by atoms with van der Waals surface area (Å²) >= 11 is 1.16. The largest absolute Gasteiger partial charge is 0.325 e. The summed E-state index contributed by atoms with van der Waals surface area (Å²) in [5, 5.41) is 11.4. The number of thioether (sulfide) groups is 1. The Morgan fingerprint density at radius 2 is 2.10 bits per heavy atom. The highest BCUT2D eigenvalue weighted by molar-refractivity contribution is 8.00. The van der Waals surface area contributed by atoms with Gasteiger partial charge in [-0.15, -0.1) is 0 Å². The second-order valence-corrected chi connectivity index (χ2v) is 5.51. The third-order valence-electron chi connectivity index (χ3n) is 2.59. The molecule has 0 aliphatic heterocycles. The summed E-state index contributed by atoms with van der Waals surface area (Å²) in [5.74, 6) is -0.212. The lowest BCUT2D eigenvalue weighted by molar-refractivity contribution is -0.115. The fraction of sp³-hybridized carbons (Fsp3) is 0.143. The third-order valence-corrected chi connectivity index (χ3v) is 3.59. The van der Waals surface area contributed by atoms with Gasteiger partial charge in [0.15, 0.2) is 5.16 Å². The molecule has 0 spiro atoms. The zero-order valence-electron chi connectivity index (χ0n) is 11.2. The molecule has 7 heteroatoms. The van der Waals surface area contributed by atoms with E-state index in [1.54, 1.807) is 31.2 Å². The Hall–Kier alpha value is -2.59. The number of benzene rings is 1. The number of amides is 1. The van der Waals surface area contributed by atoms with Crippen LogP contribution in [0.5, 0.6) is 0 Å². The summed E-state index contributed by atoms with van der Waals surface area (Å²) in [7, 11) is 0. The first-order valence-electron chi connectivity index (χ1n) is 6.11. The average Bonchev–Trinajstić information content (AvgIpc) is 2.48. The molecule has 21 heavy (non-hydrogen) atoms. The normalized spacial score (nSPS) is 11.4. The van der Waals surface area contributed by atoms with Crippen LogP contribution in [0.2, 0.25) is 0 Å². The van der Waals surface area contributed by atoms with Crippen LogP contribution in [0.4, 0.5) is 5.69 Å². The van der Waals surface area contributed by atoms with Gasteiger partial charge < -0.3 is 10.3 Å². The van der Waals surface area contributed by atoms with Crippen LogP contribution in [0.3, 0.4) is 0 Å². The molecule has 6 nitrogen and oxygen atoms in total. The van der Waals surface area contributed by atoms with Gasteiger partial charge in [0.25, 0.3) is 5.56 Å². The number of H-pyrrole nitrogens is 1. The van der Waals surface area contributed by atoms with Crippen molar-refractivity contribution in [3.63, 3.8) is 0 Å². The highest BCUT2D eigenvalue weighted by atomic mass is 32.2. The minimum Gasteiger partial charge on any atom is -0.325 e. The molecule has 2 rings (SSSR count). The number of carbonyl (C=O) groups is 1. The summed E-state index contributed by atoms with van der Waals surface area (Å²) < 4.78 is 0. The van der Waals surface area contributed by atoms with E-state index in [2.05, 4.69) is 15.3 Å². The van der Waals surface area contributed by atoms with Crippen LogP contribution in [0.15, 0.2) is 46.5 Å². The van der Waals surface area contributed by atoms with Gasteiger partial charge in [-0.05, 0) is 31.2 Å². The number of hydrogen-bond acceptors (Lipinski definition) is 5. The summed E-state index contributed by atoms with van der Waals surface area (Å²) in [6.07, 6.45) is 1.40. The maximum Gasteiger partial charge on any atom is 0.251 e. The Morgan fingerprint density at radius 3 is 2.71 bits per heavy atom. The van der Waals surface area contributed by atoms with Crippen LogP contribution < -0.4 is 10.9 Å². The molecular weight excluding hydrogens is 288 g/mol. The van der Waals surface area contributed by atoms with Gasteiger partial charge in [0.05, 0.1) is 16.9 Å².